The van der Waals surface area contributed by atoms with Crippen molar-refractivity contribution in [2.24, 2.45) is 5.92 Å². The molecule has 3 heteroatoms. The molecule has 0 spiro atoms. The van der Waals surface area contributed by atoms with Gasteiger partial charge in [-0.25, -0.2) is 0 Å². The Morgan fingerprint density at radius 2 is 2.08 bits per heavy atom. The minimum atomic E-state index is -0.141. The van der Waals surface area contributed by atoms with E-state index in [9.17, 15) is 9.59 Å². The summed E-state index contributed by atoms with van der Waals surface area (Å²) in [6.07, 6.45) is 1.37. The summed E-state index contributed by atoms with van der Waals surface area (Å²) in [6, 6.07) is -0.141. The van der Waals surface area contributed by atoms with E-state index in [0.717, 1.165) is 13.0 Å². The van der Waals surface area contributed by atoms with Crippen LogP contribution >= 0.6 is 0 Å². The van der Waals surface area contributed by atoms with Crippen LogP contribution in [0.25, 0.3) is 0 Å². The summed E-state index contributed by atoms with van der Waals surface area (Å²) >= 11 is 0. The van der Waals surface area contributed by atoms with E-state index in [2.05, 4.69) is 6.92 Å². The fourth-order valence-corrected chi connectivity index (χ4v) is 1.93. The van der Waals surface area contributed by atoms with E-state index < -0.39 is 0 Å². The molecule has 2 atom stereocenters. The van der Waals surface area contributed by atoms with Crippen LogP contribution in [-0.2, 0) is 9.59 Å². The van der Waals surface area contributed by atoms with E-state index in [0.29, 0.717) is 12.3 Å². The van der Waals surface area contributed by atoms with Crippen molar-refractivity contribution in [1.82, 2.24) is 4.90 Å². The van der Waals surface area contributed by atoms with Gasteiger partial charge in [-0.15, -0.1) is 0 Å². The molecule has 1 aliphatic rings. The fraction of sp³-hybridized carbons (Fsp3) is 0.800. The molecule has 0 aromatic heterocycles. The molecule has 0 bridgehead atoms. The van der Waals surface area contributed by atoms with Crippen LogP contribution in [0.3, 0.4) is 0 Å². The third kappa shape index (κ3) is 2.08. The van der Waals surface area contributed by atoms with E-state index in [1.165, 1.54) is 6.92 Å². The summed E-state index contributed by atoms with van der Waals surface area (Å²) in [4.78, 5) is 24.4. The number of rotatable bonds is 2. The van der Waals surface area contributed by atoms with Gasteiger partial charge in [0.1, 0.15) is 0 Å². The van der Waals surface area contributed by atoms with E-state index in [1.807, 2.05) is 6.92 Å². The smallest absolute Gasteiger partial charge is 0.220 e. The summed E-state index contributed by atoms with van der Waals surface area (Å²) in [5.74, 6) is 0.681. The summed E-state index contributed by atoms with van der Waals surface area (Å²) in [5, 5.41) is 0. The molecule has 0 aromatic rings. The molecule has 0 unspecified atom stereocenters. The normalized spacial score (nSPS) is 27.8. The number of likely N-dealkylation sites (tertiary alicyclic amines) is 1. The minimum absolute atomic E-state index is 0.0242. The maximum Gasteiger partial charge on any atom is 0.220 e. The number of carbonyl (C=O) groups is 2. The number of hydrogen-bond acceptors (Lipinski definition) is 2. The molecule has 1 rings (SSSR count). The van der Waals surface area contributed by atoms with Gasteiger partial charge >= 0.3 is 0 Å². The van der Waals surface area contributed by atoms with Crippen LogP contribution < -0.4 is 0 Å². The average molecular weight is 183 g/mol. The second kappa shape index (κ2) is 3.90. The molecule has 1 heterocycles. The molecule has 0 aliphatic carbocycles. The molecule has 1 aliphatic heterocycles. The molecule has 0 saturated carbocycles. The summed E-state index contributed by atoms with van der Waals surface area (Å²) in [7, 11) is 0. The Morgan fingerprint density at radius 1 is 1.46 bits per heavy atom. The lowest BCUT2D eigenvalue weighted by molar-refractivity contribution is -0.135. The highest BCUT2D eigenvalue weighted by Crippen LogP contribution is 2.24. The number of nitrogens with zero attached hydrogens (tertiary/aromatic N) is 1. The second-order valence-electron chi connectivity index (χ2n) is 3.85. The number of Topliss-reactive ketones (excluding diaryl/α,β-unsaturated/α-hetero) is 1. The third-order valence-electron chi connectivity index (χ3n) is 2.63. The van der Waals surface area contributed by atoms with Crippen LogP contribution in [0.4, 0.5) is 0 Å². The van der Waals surface area contributed by atoms with Gasteiger partial charge in [-0.2, -0.15) is 0 Å². The number of carbonyl (C=O) groups excluding carboxylic acids is 2. The third-order valence-corrected chi connectivity index (χ3v) is 2.63. The van der Waals surface area contributed by atoms with Gasteiger partial charge in [-0.3, -0.25) is 9.59 Å². The lowest BCUT2D eigenvalue weighted by atomic mass is 10.0. The Hall–Kier alpha value is -0.860. The van der Waals surface area contributed by atoms with Crippen molar-refractivity contribution in [3.05, 3.63) is 0 Å². The highest BCUT2D eigenvalue weighted by atomic mass is 16.2. The summed E-state index contributed by atoms with van der Waals surface area (Å²) < 4.78 is 0. The molecule has 3 nitrogen and oxygen atoms in total. The zero-order chi connectivity index (χ0) is 10.0. The van der Waals surface area contributed by atoms with Crippen molar-refractivity contribution < 1.29 is 9.59 Å². The summed E-state index contributed by atoms with van der Waals surface area (Å²) in [5.41, 5.74) is 0. The first-order valence-electron chi connectivity index (χ1n) is 4.86. The zero-order valence-corrected chi connectivity index (χ0v) is 8.54. The minimum Gasteiger partial charge on any atom is -0.333 e. The zero-order valence-electron chi connectivity index (χ0n) is 8.54. The van der Waals surface area contributed by atoms with Crippen LogP contribution in [0.15, 0.2) is 0 Å². The van der Waals surface area contributed by atoms with Gasteiger partial charge in [-0.1, -0.05) is 13.8 Å². The van der Waals surface area contributed by atoms with Gasteiger partial charge in [0.05, 0.1) is 6.04 Å². The van der Waals surface area contributed by atoms with Gasteiger partial charge in [0.15, 0.2) is 5.78 Å². The number of amides is 1. The largest absolute Gasteiger partial charge is 0.333 e. The van der Waals surface area contributed by atoms with Gasteiger partial charge < -0.3 is 4.90 Å². The van der Waals surface area contributed by atoms with Gasteiger partial charge in [-0.05, 0) is 12.3 Å². The first kappa shape index (κ1) is 10.2. The molecule has 13 heavy (non-hydrogen) atoms. The van der Waals surface area contributed by atoms with Crippen LogP contribution in [0.1, 0.15) is 33.6 Å². The molecule has 74 valence electrons. The predicted molar refractivity (Wildman–Crippen MR) is 50.3 cm³/mol. The van der Waals surface area contributed by atoms with Crippen molar-refractivity contribution in [3.63, 3.8) is 0 Å². The van der Waals surface area contributed by atoms with Gasteiger partial charge in [0, 0.05) is 19.9 Å². The first-order valence-corrected chi connectivity index (χ1v) is 4.86. The molecular weight excluding hydrogens is 166 g/mol. The van der Waals surface area contributed by atoms with Crippen LogP contribution in [0.2, 0.25) is 0 Å². The number of hydrogen-bond donors (Lipinski definition) is 0. The fourth-order valence-electron chi connectivity index (χ4n) is 1.93. The Bertz CT molecular complexity index is 225. The van der Waals surface area contributed by atoms with Gasteiger partial charge in [0.2, 0.25) is 5.91 Å². The lowest BCUT2D eigenvalue weighted by Crippen LogP contribution is -2.38. The van der Waals surface area contributed by atoms with E-state index >= 15 is 0 Å². The predicted octanol–water partition coefficient (Wildman–Crippen LogP) is 1.22. The topological polar surface area (TPSA) is 37.4 Å². The Morgan fingerprint density at radius 3 is 2.54 bits per heavy atom. The maximum absolute atomic E-state index is 11.5. The molecule has 0 radical (unpaired) electrons. The molecular formula is C10H17NO2. The lowest BCUT2D eigenvalue weighted by Gasteiger charge is -2.21. The molecule has 0 aromatic carbocycles. The van der Waals surface area contributed by atoms with E-state index in [-0.39, 0.29) is 17.7 Å². The summed E-state index contributed by atoms with van der Waals surface area (Å²) in [6.45, 7) is 6.21. The van der Waals surface area contributed by atoms with E-state index in [4.69, 9.17) is 0 Å². The second-order valence-corrected chi connectivity index (χ2v) is 3.85. The Kier molecular flexibility index (Phi) is 3.07. The quantitative estimate of drug-likeness (QED) is 0.645. The highest BCUT2D eigenvalue weighted by molar-refractivity contribution is 5.88. The SMILES string of the molecule is CCC(=O)[C@@H]1C[C@H](C)CN1C(C)=O. The van der Waals surface area contributed by atoms with Crippen molar-refractivity contribution in [2.45, 2.75) is 39.7 Å². The van der Waals surface area contributed by atoms with Crippen LogP contribution in [-0.4, -0.2) is 29.2 Å². The first-order chi connectivity index (χ1) is 6.06. The molecule has 1 saturated heterocycles. The highest BCUT2D eigenvalue weighted by Gasteiger charge is 2.34. The van der Waals surface area contributed by atoms with Crippen LogP contribution in [0, 0.1) is 5.92 Å². The number of ketones is 1. The standard InChI is InChI=1S/C10H17NO2/c1-4-10(13)9-5-7(2)6-11(9)8(3)12/h7,9H,4-6H2,1-3H3/t7-,9-/m0/s1. The van der Waals surface area contributed by atoms with Crippen LogP contribution in [0.5, 0.6) is 0 Å². The Balaban J connectivity index is 2.71. The van der Waals surface area contributed by atoms with Crippen molar-refractivity contribution in [3.8, 4) is 0 Å². The monoisotopic (exact) mass is 183 g/mol. The molecule has 1 amide bonds. The van der Waals surface area contributed by atoms with Crippen molar-refractivity contribution in [1.29, 1.82) is 0 Å². The van der Waals surface area contributed by atoms with E-state index in [1.54, 1.807) is 4.90 Å². The molecule has 0 N–H and O–H groups in total. The maximum atomic E-state index is 11.5. The Labute approximate surface area is 79.1 Å². The van der Waals surface area contributed by atoms with Crippen molar-refractivity contribution in [2.75, 3.05) is 6.54 Å². The van der Waals surface area contributed by atoms with Gasteiger partial charge in [0.25, 0.3) is 0 Å². The average Bonchev–Trinajstić information content (AvgIpc) is 2.46. The molecule has 1 fully saturated rings. The van der Waals surface area contributed by atoms with Crippen molar-refractivity contribution >= 4 is 11.7 Å².